The van der Waals surface area contributed by atoms with Crippen LogP contribution in [0.5, 0.6) is 5.75 Å². The highest BCUT2D eigenvalue weighted by Gasteiger charge is 2.31. The van der Waals surface area contributed by atoms with Crippen LogP contribution in [0.4, 0.5) is 29.3 Å². The quantitative estimate of drug-likeness (QED) is 0.403. The first-order valence-corrected chi connectivity index (χ1v) is 10.1. The van der Waals surface area contributed by atoms with Crippen LogP contribution in [0.15, 0.2) is 42.6 Å². The highest BCUT2D eigenvalue weighted by atomic mass is 35.5. The molecule has 3 aromatic rings. The van der Waals surface area contributed by atoms with E-state index in [-0.39, 0.29) is 16.8 Å². The molecule has 170 valence electrons. The van der Waals surface area contributed by atoms with Crippen molar-refractivity contribution in [2.24, 2.45) is 0 Å². The Bertz CT molecular complexity index is 1150. The Balaban J connectivity index is 1.85. The number of benzene rings is 2. The lowest BCUT2D eigenvalue weighted by molar-refractivity contribution is -0.137. The number of carbonyl (C=O) groups excluding carboxylic acids is 1. The van der Waals surface area contributed by atoms with Crippen LogP contribution < -0.4 is 15.4 Å². The molecule has 0 spiro atoms. The molecule has 0 aliphatic carbocycles. The first-order chi connectivity index (χ1) is 15.0. The Morgan fingerprint density at radius 2 is 1.81 bits per heavy atom. The number of nitrogens with one attached hydrogen (secondary N) is 2. The van der Waals surface area contributed by atoms with E-state index in [4.69, 9.17) is 27.9 Å². The minimum absolute atomic E-state index is 0.0175. The summed E-state index contributed by atoms with van der Waals surface area (Å²) in [4.78, 5) is 12.4. The monoisotopic (exact) mass is 486 g/mol. The third-order valence-electron chi connectivity index (χ3n) is 4.50. The van der Waals surface area contributed by atoms with Gasteiger partial charge in [0.25, 0.3) is 0 Å². The van der Waals surface area contributed by atoms with Crippen LogP contribution in [-0.2, 0) is 6.18 Å². The number of hydrogen-bond acceptors (Lipinski definition) is 3. The van der Waals surface area contributed by atoms with Gasteiger partial charge < -0.3 is 15.4 Å². The minimum Gasteiger partial charge on any atom is -0.496 e. The molecule has 32 heavy (non-hydrogen) atoms. The summed E-state index contributed by atoms with van der Waals surface area (Å²) in [5.41, 5.74) is 0.745. The number of carbonyl (C=O) groups is 1. The van der Waals surface area contributed by atoms with E-state index in [0.717, 1.165) is 18.2 Å². The molecule has 0 saturated heterocycles. The van der Waals surface area contributed by atoms with E-state index >= 15 is 0 Å². The van der Waals surface area contributed by atoms with Crippen molar-refractivity contribution in [2.75, 3.05) is 17.7 Å². The van der Waals surface area contributed by atoms with E-state index in [1.165, 1.54) is 13.3 Å². The third kappa shape index (κ3) is 5.11. The summed E-state index contributed by atoms with van der Waals surface area (Å²) in [6.07, 6.45) is -3.01. The molecule has 3 rings (SSSR count). The van der Waals surface area contributed by atoms with Gasteiger partial charge in [0, 0.05) is 17.3 Å². The molecule has 0 aliphatic rings. The molecule has 0 aliphatic heterocycles. The maximum absolute atomic E-state index is 12.8. The average Bonchev–Trinajstić information content (AvgIpc) is 3.10. The number of alkyl halides is 3. The number of rotatable bonds is 5. The van der Waals surface area contributed by atoms with Crippen LogP contribution in [0.25, 0.3) is 11.3 Å². The van der Waals surface area contributed by atoms with Crippen LogP contribution in [0.2, 0.25) is 10.0 Å². The first kappa shape index (κ1) is 23.7. The summed E-state index contributed by atoms with van der Waals surface area (Å²) < 4.78 is 45.5. The van der Waals surface area contributed by atoms with Gasteiger partial charge in [0.2, 0.25) is 0 Å². The highest BCUT2D eigenvalue weighted by Crippen LogP contribution is 2.38. The maximum atomic E-state index is 12.8. The third-order valence-corrected chi connectivity index (χ3v) is 5.09. The van der Waals surface area contributed by atoms with Crippen molar-refractivity contribution < 1.29 is 22.7 Å². The molecule has 11 heteroatoms. The molecular weight excluding hydrogens is 468 g/mol. The standard InChI is InChI=1S/C21H19Cl2F3N4O2/c1-11(2)30-19(16(23)10-27-30)14-9-13(5-7-18(14)32-3)28-20(31)29-17-6-4-12(8-15(17)22)21(24,25)26/h4-11H,1-3H3,(H2,28,29,31). The van der Waals surface area contributed by atoms with Crippen molar-refractivity contribution >= 4 is 40.6 Å². The molecule has 2 N–H and O–H groups in total. The molecular formula is C21H19Cl2F3N4O2. The number of urea groups is 1. The van der Waals surface area contributed by atoms with Gasteiger partial charge in [-0.1, -0.05) is 23.2 Å². The predicted molar refractivity (Wildman–Crippen MR) is 119 cm³/mol. The van der Waals surface area contributed by atoms with E-state index in [9.17, 15) is 18.0 Å². The number of halogens is 5. The van der Waals surface area contributed by atoms with Crippen LogP contribution in [0.3, 0.4) is 0 Å². The van der Waals surface area contributed by atoms with Gasteiger partial charge in [0.1, 0.15) is 5.75 Å². The first-order valence-electron chi connectivity index (χ1n) is 9.37. The number of nitrogens with zero attached hydrogens (tertiary/aromatic N) is 2. The van der Waals surface area contributed by atoms with Gasteiger partial charge in [0.15, 0.2) is 0 Å². The number of anilines is 2. The number of hydrogen-bond donors (Lipinski definition) is 2. The maximum Gasteiger partial charge on any atom is 0.416 e. The lowest BCUT2D eigenvalue weighted by atomic mass is 10.1. The van der Waals surface area contributed by atoms with E-state index in [2.05, 4.69) is 15.7 Å². The van der Waals surface area contributed by atoms with Gasteiger partial charge in [-0.05, 0) is 50.2 Å². The molecule has 1 heterocycles. The Morgan fingerprint density at radius 1 is 1.09 bits per heavy atom. The second-order valence-electron chi connectivity index (χ2n) is 7.07. The molecule has 1 aromatic heterocycles. The van der Waals surface area contributed by atoms with Gasteiger partial charge in [-0.25, -0.2) is 4.79 Å². The molecule has 0 saturated carbocycles. The summed E-state index contributed by atoms with van der Waals surface area (Å²) in [6.45, 7) is 3.89. The highest BCUT2D eigenvalue weighted by molar-refractivity contribution is 6.34. The molecule has 0 bridgehead atoms. The smallest absolute Gasteiger partial charge is 0.416 e. The molecule has 6 nitrogen and oxygen atoms in total. The fourth-order valence-electron chi connectivity index (χ4n) is 3.03. The summed E-state index contributed by atoms with van der Waals surface area (Å²) in [5, 5.41) is 9.52. The van der Waals surface area contributed by atoms with Gasteiger partial charge in [0.05, 0.1) is 40.3 Å². The Morgan fingerprint density at radius 3 is 2.41 bits per heavy atom. The normalized spacial score (nSPS) is 11.5. The van der Waals surface area contributed by atoms with E-state index in [1.54, 1.807) is 22.9 Å². The van der Waals surface area contributed by atoms with Gasteiger partial charge in [-0.2, -0.15) is 18.3 Å². The molecule has 2 amide bonds. The topological polar surface area (TPSA) is 68.2 Å². The Labute approximate surface area is 192 Å². The van der Waals surface area contributed by atoms with Crippen LogP contribution in [0.1, 0.15) is 25.5 Å². The molecule has 0 radical (unpaired) electrons. The van der Waals surface area contributed by atoms with Crippen molar-refractivity contribution in [1.82, 2.24) is 9.78 Å². The van der Waals surface area contributed by atoms with Gasteiger partial charge in [-0.15, -0.1) is 0 Å². The molecule has 0 fully saturated rings. The fraction of sp³-hybridized carbons (Fsp3) is 0.238. The van der Waals surface area contributed by atoms with Crippen molar-refractivity contribution in [3.8, 4) is 17.0 Å². The number of ether oxygens (including phenoxy) is 1. The average molecular weight is 487 g/mol. The zero-order chi connectivity index (χ0) is 23.6. The van der Waals surface area contributed by atoms with Gasteiger partial charge >= 0.3 is 12.2 Å². The second-order valence-corrected chi connectivity index (χ2v) is 7.88. The zero-order valence-electron chi connectivity index (χ0n) is 17.2. The minimum atomic E-state index is -4.53. The summed E-state index contributed by atoms with van der Waals surface area (Å²) >= 11 is 12.2. The largest absolute Gasteiger partial charge is 0.496 e. The lowest BCUT2D eigenvalue weighted by Crippen LogP contribution is -2.20. The Kier molecular flexibility index (Phi) is 6.90. The SMILES string of the molecule is COc1ccc(NC(=O)Nc2ccc(C(F)(F)F)cc2Cl)cc1-c1c(Cl)cnn1C(C)C. The van der Waals surface area contributed by atoms with Crippen molar-refractivity contribution in [3.05, 3.63) is 58.2 Å². The molecule has 2 aromatic carbocycles. The van der Waals surface area contributed by atoms with E-state index in [1.807, 2.05) is 13.8 Å². The zero-order valence-corrected chi connectivity index (χ0v) is 18.7. The second kappa shape index (κ2) is 9.30. The van der Waals surface area contributed by atoms with Crippen LogP contribution in [0, 0.1) is 0 Å². The summed E-state index contributed by atoms with van der Waals surface area (Å²) in [5.74, 6) is 0.519. The number of amides is 2. The lowest BCUT2D eigenvalue weighted by Gasteiger charge is -2.16. The Hall–Kier alpha value is -2.91. The summed E-state index contributed by atoms with van der Waals surface area (Å²) in [7, 11) is 1.51. The van der Waals surface area contributed by atoms with Crippen LogP contribution in [-0.4, -0.2) is 22.9 Å². The van der Waals surface area contributed by atoms with Crippen molar-refractivity contribution in [1.29, 1.82) is 0 Å². The van der Waals surface area contributed by atoms with Crippen LogP contribution >= 0.6 is 23.2 Å². The predicted octanol–water partition coefficient (Wildman–Crippen LogP) is 7.11. The summed E-state index contributed by atoms with van der Waals surface area (Å²) in [6, 6.07) is 6.93. The molecule has 0 unspecified atom stereocenters. The van der Waals surface area contributed by atoms with Crippen molar-refractivity contribution in [3.63, 3.8) is 0 Å². The van der Waals surface area contributed by atoms with Crippen molar-refractivity contribution in [2.45, 2.75) is 26.1 Å². The molecule has 0 atom stereocenters. The van der Waals surface area contributed by atoms with Gasteiger partial charge in [-0.3, -0.25) is 4.68 Å². The van der Waals surface area contributed by atoms with E-state index in [0.29, 0.717) is 27.7 Å². The number of aromatic nitrogens is 2. The van der Waals surface area contributed by atoms with E-state index < -0.39 is 17.8 Å². The number of methoxy groups -OCH3 is 1. The fourth-order valence-corrected chi connectivity index (χ4v) is 3.49.